The van der Waals surface area contributed by atoms with Gasteiger partial charge in [0.15, 0.2) is 0 Å². The normalized spacial score (nSPS) is 18.6. The second-order valence-electron chi connectivity index (χ2n) is 6.40. The van der Waals surface area contributed by atoms with Crippen LogP contribution in [0.4, 0.5) is 5.69 Å². The Balaban J connectivity index is 1.97. The number of pyridine rings is 1. The molecule has 1 aliphatic carbocycles. The standard InChI is InChI=1S/C19H24N2O2/c1-22-17-9-5-7-15-18(17)20-16-8-4-2-3-6-14(16)19(15)21-10-12-23-13-11-21/h5,7,9H,2-4,6,8,10-13H2,1H3. The van der Waals surface area contributed by atoms with Gasteiger partial charge >= 0.3 is 0 Å². The quantitative estimate of drug-likeness (QED) is 0.797. The molecule has 2 aromatic rings. The molecule has 1 aromatic carbocycles. The number of rotatable bonds is 2. The van der Waals surface area contributed by atoms with Crippen molar-refractivity contribution in [2.75, 3.05) is 38.3 Å². The Kier molecular flexibility index (Phi) is 4.08. The smallest absolute Gasteiger partial charge is 0.145 e. The minimum atomic E-state index is 0.808. The summed E-state index contributed by atoms with van der Waals surface area (Å²) < 4.78 is 11.2. The zero-order chi connectivity index (χ0) is 15.6. The Morgan fingerprint density at radius 3 is 2.74 bits per heavy atom. The molecule has 0 amide bonds. The van der Waals surface area contributed by atoms with Crippen molar-refractivity contribution < 1.29 is 9.47 Å². The van der Waals surface area contributed by atoms with E-state index in [0.29, 0.717) is 0 Å². The van der Waals surface area contributed by atoms with Gasteiger partial charge in [-0.05, 0) is 37.3 Å². The highest BCUT2D eigenvalue weighted by Crippen LogP contribution is 2.38. The lowest BCUT2D eigenvalue weighted by Gasteiger charge is -2.32. The molecule has 4 nitrogen and oxygen atoms in total. The number of morpholine rings is 1. The summed E-state index contributed by atoms with van der Waals surface area (Å²) in [5.74, 6) is 0.879. The summed E-state index contributed by atoms with van der Waals surface area (Å²) in [6.07, 6.45) is 6.03. The van der Waals surface area contributed by atoms with E-state index >= 15 is 0 Å². The number of hydrogen-bond acceptors (Lipinski definition) is 4. The second kappa shape index (κ2) is 6.36. The van der Waals surface area contributed by atoms with Crippen molar-refractivity contribution in [3.8, 4) is 5.75 Å². The lowest BCUT2D eigenvalue weighted by molar-refractivity contribution is 0.122. The third-order valence-corrected chi connectivity index (χ3v) is 5.02. The number of aromatic nitrogens is 1. The maximum Gasteiger partial charge on any atom is 0.145 e. The van der Waals surface area contributed by atoms with Crippen LogP contribution in [0.3, 0.4) is 0 Å². The highest BCUT2D eigenvalue weighted by atomic mass is 16.5. The molecule has 0 N–H and O–H groups in total. The Hall–Kier alpha value is -1.81. The average Bonchev–Trinajstić information content (AvgIpc) is 2.85. The summed E-state index contributed by atoms with van der Waals surface area (Å²) in [5, 5.41) is 1.23. The van der Waals surface area contributed by atoms with Gasteiger partial charge in [-0.15, -0.1) is 0 Å². The summed E-state index contributed by atoms with van der Waals surface area (Å²) in [7, 11) is 1.73. The van der Waals surface area contributed by atoms with Gasteiger partial charge in [-0.3, -0.25) is 0 Å². The predicted molar refractivity (Wildman–Crippen MR) is 92.6 cm³/mol. The fourth-order valence-corrected chi connectivity index (χ4v) is 3.88. The van der Waals surface area contributed by atoms with Crippen LogP contribution in [0.5, 0.6) is 5.75 Å². The van der Waals surface area contributed by atoms with Crippen molar-refractivity contribution in [2.24, 2.45) is 0 Å². The summed E-state index contributed by atoms with van der Waals surface area (Å²) in [4.78, 5) is 7.52. The third kappa shape index (κ3) is 2.65. The van der Waals surface area contributed by atoms with E-state index in [1.54, 1.807) is 7.11 Å². The van der Waals surface area contributed by atoms with E-state index in [1.165, 1.54) is 41.6 Å². The van der Waals surface area contributed by atoms with Crippen molar-refractivity contribution in [1.29, 1.82) is 0 Å². The largest absolute Gasteiger partial charge is 0.494 e. The molecule has 4 heteroatoms. The Morgan fingerprint density at radius 1 is 1.09 bits per heavy atom. The number of aryl methyl sites for hydroxylation is 1. The molecule has 4 rings (SSSR count). The lowest BCUT2D eigenvalue weighted by atomic mass is 10.00. The Bertz CT molecular complexity index is 708. The molecule has 0 atom stereocenters. The number of benzene rings is 1. The maximum atomic E-state index is 5.59. The average molecular weight is 312 g/mol. The fraction of sp³-hybridized carbons (Fsp3) is 0.526. The van der Waals surface area contributed by atoms with Gasteiger partial charge < -0.3 is 14.4 Å². The molecule has 2 heterocycles. The molecule has 0 radical (unpaired) electrons. The minimum Gasteiger partial charge on any atom is -0.494 e. The van der Waals surface area contributed by atoms with Crippen molar-refractivity contribution in [2.45, 2.75) is 32.1 Å². The molecule has 1 aliphatic heterocycles. The first kappa shape index (κ1) is 14.8. The zero-order valence-electron chi connectivity index (χ0n) is 13.8. The molecule has 0 saturated carbocycles. The SMILES string of the molecule is COc1cccc2c(N3CCOCC3)c3c(nc12)CCCCC3. The maximum absolute atomic E-state index is 5.59. The van der Waals surface area contributed by atoms with Gasteiger partial charge in [0, 0.05) is 24.2 Å². The monoisotopic (exact) mass is 312 g/mol. The minimum absolute atomic E-state index is 0.808. The van der Waals surface area contributed by atoms with Crippen LogP contribution >= 0.6 is 0 Å². The van der Waals surface area contributed by atoms with Crippen molar-refractivity contribution >= 4 is 16.6 Å². The molecule has 1 saturated heterocycles. The first-order valence-electron chi connectivity index (χ1n) is 8.69. The fourth-order valence-electron chi connectivity index (χ4n) is 3.88. The summed E-state index contributed by atoms with van der Waals surface area (Å²) in [5.41, 5.74) is 5.14. The third-order valence-electron chi connectivity index (χ3n) is 5.02. The first-order chi connectivity index (χ1) is 11.4. The van der Waals surface area contributed by atoms with Crippen molar-refractivity contribution in [3.63, 3.8) is 0 Å². The Labute approximate surface area is 137 Å². The number of fused-ring (bicyclic) bond motifs is 2. The molecule has 2 aliphatic rings. The molecule has 0 unspecified atom stereocenters. The van der Waals surface area contributed by atoms with Crippen LogP contribution in [0.1, 0.15) is 30.5 Å². The van der Waals surface area contributed by atoms with Crippen LogP contribution in [0.25, 0.3) is 10.9 Å². The van der Waals surface area contributed by atoms with Gasteiger partial charge in [0.1, 0.15) is 11.3 Å². The van der Waals surface area contributed by atoms with Gasteiger partial charge in [-0.1, -0.05) is 18.6 Å². The molecule has 0 spiro atoms. The van der Waals surface area contributed by atoms with Crippen LogP contribution < -0.4 is 9.64 Å². The second-order valence-corrected chi connectivity index (χ2v) is 6.40. The number of hydrogen-bond donors (Lipinski definition) is 0. The molecular formula is C19H24N2O2. The van der Waals surface area contributed by atoms with E-state index in [9.17, 15) is 0 Å². The molecular weight excluding hydrogens is 288 g/mol. The van der Waals surface area contributed by atoms with Gasteiger partial charge in [0.25, 0.3) is 0 Å². The van der Waals surface area contributed by atoms with Crippen LogP contribution in [-0.2, 0) is 17.6 Å². The molecule has 122 valence electrons. The summed E-state index contributed by atoms with van der Waals surface area (Å²) in [6.45, 7) is 3.54. The number of methoxy groups -OCH3 is 1. The van der Waals surface area contributed by atoms with E-state index in [2.05, 4.69) is 17.0 Å². The highest BCUT2D eigenvalue weighted by molar-refractivity contribution is 5.97. The molecule has 1 fully saturated rings. The van der Waals surface area contributed by atoms with Crippen LogP contribution in [0.15, 0.2) is 18.2 Å². The number of ether oxygens (including phenoxy) is 2. The van der Waals surface area contributed by atoms with E-state index in [1.807, 2.05) is 6.07 Å². The first-order valence-corrected chi connectivity index (χ1v) is 8.69. The van der Waals surface area contributed by atoms with Gasteiger partial charge in [0.05, 0.1) is 26.0 Å². The number of anilines is 1. The van der Waals surface area contributed by atoms with E-state index < -0.39 is 0 Å². The van der Waals surface area contributed by atoms with Crippen LogP contribution in [0, 0.1) is 0 Å². The number of nitrogens with zero attached hydrogens (tertiary/aromatic N) is 2. The zero-order valence-corrected chi connectivity index (χ0v) is 13.8. The van der Waals surface area contributed by atoms with Gasteiger partial charge in [-0.25, -0.2) is 4.98 Å². The Morgan fingerprint density at radius 2 is 1.91 bits per heavy atom. The molecule has 1 aromatic heterocycles. The van der Waals surface area contributed by atoms with Gasteiger partial charge in [0.2, 0.25) is 0 Å². The van der Waals surface area contributed by atoms with Gasteiger partial charge in [-0.2, -0.15) is 0 Å². The highest BCUT2D eigenvalue weighted by Gasteiger charge is 2.23. The predicted octanol–water partition coefficient (Wildman–Crippen LogP) is 3.35. The topological polar surface area (TPSA) is 34.6 Å². The van der Waals surface area contributed by atoms with E-state index in [4.69, 9.17) is 14.5 Å². The van der Waals surface area contributed by atoms with Crippen LogP contribution in [0.2, 0.25) is 0 Å². The van der Waals surface area contributed by atoms with E-state index in [-0.39, 0.29) is 0 Å². The molecule has 0 bridgehead atoms. The van der Waals surface area contributed by atoms with Crippen molar-refractivity contribution in [3.05, 3.63) is 29.5 Å². The lowest BCUT2D eigenvalue weighted by Crippen LogP contribution is -2.37. The van der Waals surface area contributed by atoms with Crippen molar-refractivity contribution in [1.82, 2.24) is 4.98 Å². The summed E-state index contributed by atoms with van der Waals surface area (Å²) in [6, 6.07) is 6.29. The van der Waals surface area contributed by atoms with Crippen LogP contribution in [-0.4, -0.2) is 38.4 Å². The molecule has 23 heavy (non-hydrogen) atoms. The number of para-hydroxylation sites is 1. The van der Waals surface area contributed by atoms with E-state index in [0.717, 1.165) is 50.4 Å². The summed E-state index contributed by atoms with van der Waals surface area (Å²) >= 11 is 0.